The number of hydrogen-bond donors (Lipinski definition) is 0. The summed E-state index contributed by atoms with van der Waals surface area (Å²) in [7, 11) is 0. The summed E-state index contributed by atoms with van der Waals surface area (Å²) in [5.41, 5.74) is 2.54. The minimum absolute atomic E-state index is 0.0441. The molecule has 5 atom stereocenters. The largest absolute Gasteiger partial charge is 0.508 e. The molecule has 0 N–H and O–H groups in total. The van der Waals surface area contributed by atoms with Gasteiger partial charge in [0, 0.05) is 16.3 Å². The summed E-state index contributed by atoms with van der Waals surface area (Å²) in [6.45, 7) is 7.26. The zero-order chi connectivity index (χ0) is 25.1. The van der Waals surface area contributed by atoms with Gasteiger partial charge in [-0.3, -0.25) is 0 Å². The molecule has 3 aliphatic heterocycles. The van der Waals surface area contributed by atoms with Crippen LogP contribution < -0.4 is 0 Å². The van der Waals surface area contributed by atoms with E-state index in [1.165, 1.54) is 0 Å². The number of para-hydroxylation sites is 2. The number of pyridine rings is 1. The zero-order valence-corrected chi connectivity index (χ0v) is 20.6. The Hall–Kier alpha value is -2.82. The van der Waals surface area contributed by atoms with Crippen molar-refractivity contribution in [3.63, 3.8) is 0 Å². The number of aromatic nitrogens is 1. The van der Waals surface area contributed by atoms with Crippen LogP contribution >= 0.6 is 0 Å². The number of rotatable bonds is 4. The van der Waals surface area contributed by atoms with Crippen molar-refractivity contribution in [1.29, 1.82) is 0 Å². The maximum atomic E-state index is 12.6. The van der Waals surface area contributed by atoms with E-state index in [0.717, 1.165) is 27.4 Å². The molecule has 0 unspecified atom stereocenters. The van der Waals surface area contributed by atoms with Crippen LogP contribution in [0, 0.1) is 0 Å². The molecule has 9 nitrogen and oxygen atoms in total. The van der Waals surface area contributed by atoms with Crippen molar-refractivity contribution in [2.75, 3.05) is 6.61 Å². The van der Waals surface area contributed by atoms with E-state index in [2.05, 4.69) is 0 Å². The molecule has 9 heteroatoms. The second-order valence-corrected chi connectivity index (χ2v) is 10.2. The van der Waals surface area contributed by atoms with Crippen molar-refractivity contribution >= 4 is 28.0 Å². The highest BCUT2D eigenvalue weighted by molar-refractivity contribution is 5.97. The van der Waals surface area contributed by atoms with Crippen LogP contribution in [0.25, 0.3) is 21.8 Å². The highest BCUT2D eigenvalue weighted by atomic mass is 16.9. The molecule has 190 valence electrons. The Morgan fingerprint density at radius 1 is 0.806 bits per heavy atom. The Morgan fingerprint density at radius 3 is 2.08 bits per heavy atom. The smallest absolute Gasteiger partial charge is 0.431 e. The van der Waals surface area contributed by atoms with E-state index in [4.69, 9.17) is 38.1 Å². The van der Waals surface area contributed by atoms with Gasteiger partial charge in [0.1, 0.15) is 37.6 Å². The summed E-state index contributed by atoms with van der Waals surface area (Å²) >= 11 is 0. The number of ether oxygens (including phenoxy) is 7. The van der Waals surface area contributed by atoms with E-state index in [-0.39, 0.29) is 13.2 Å². The molecule has 36 heavy (non-hydrogen) atoms. The normalized spacial score (nSPS) is 30.2. The summed E-state index contributed by atoms with van der Waals surface area (Å²) in [6, 6.07) is 15.6. The van der Waals surface area contributed by atoms with Crippen molar-refractivity contribution in [3.8, 4) is 0 Å². The molecule has 2 aromatic carbocycles. The second kappa shape index (κ2) is 8.64. The Kier molecular flexibility index (Phi) is 5.66. The summed E-state index contributed by atoms with van der Waals surface area (Å²) in [6.07, 6.45) is -3.41. The lowest BCUT2D eigenvalue weighted by atomic mass is 9.99. The quantitative estimate of drug-likeness (QED) is 0.385. The van der Waals surface area contributed by atoms with Gasteiger partial charge in [0.05, 0.1) is 11.0 Å². The van der Waals surface area contributed by atoms with Gasteiger partial charge in [-0.05, 0) is 39.8 Å². The molecule has 6 rings (SSSR count). The first-order chi connectivity index (χ1) is 17.2. The average Bonchev–Trinajstić information content (AvgIpc) is 3.33. The zero-order valence-electron chi connectivity index (χ0n) is 20.6. The molecule has 0 saturated carbocycles. The van der Waals surface area contributed by atoms with E-state index in [0.29, 0.717) is 0 Å². The van der Waals surface area contributed by atoms with Gasteiger partial charge in [-0.1, -0.05) is 36.4 Å². The van der Waals surface area contributed by atoms with Gasteiger partial charge < -0.3 is 33.2 Å². The number of nitrogens with zero attached hydrogens (tertiary/aromatic N) is 1. The molecule has 0 radical (unpaired) electrons. The Morgan fingerprint density at radius 2 is 1.39 bits per heavy atom. The third-order valence-corrected chi connectivity index (χ3v) is 6.65. The van der Waals surface area contributed by atoms with Crippen LogP contribution in [0.1, 0.15) is 33.3 Å². The van der Waals surface area contributed by atoms with E-state index < -0.39 is 48.4 Å². The number of hydrogen-bond acceptors (Lipinski definition) is 9. The molecular weight excluding hydrogens is 466 g/mol. The van der Waals surface area contributed by atoms with Crippen LogP contribution in [0.3, 0.4) is 0 Å². The van der Waals surface area contributed by atoms with E-state index in [1.807, 2.05) is 76.2 Å². The molecule has 3 aliphatic rings. The summed E-state index contributed by atoms with van der Waals surface area (Å²) in [5.74, 6) is -1.65. The van der Waals surface area contributed by atoms with Gasteiger partial charge in [0.15, 0.2) is 17.9 Å². The monoisotopic (exact) mass is 495 g/mol. The fraction of sp³-hybridized carbons (Fsp3) is 0.481. The van der Waals surface area contributed by atoms with Crippen LogP contribution in [-0.2, 0) is 39.8 Å². The van der Waals surface area contributed by atoms with Gasteiger partial charge in [0.25, 0.3) is 0 Å². The minimum Gasteiger partial charge on any atom is -0.431 e. The predicted octanol–water partition coefficient (Wildman–Crippen LogP) is 4.44. The SMILES string of the molecule is CC1(C)O[C@H]2[C@@H](O1)[C@@H](COC(=O)OCc1c3ccccc3nc3ccccc13)O[C@@H]1OC(C)(C)O[C@@H]12. The van der Waals surface area contributed by atoms with Crippen molar-refractivity contribution in [3.05, 3.63) is 54.1 Å². The lowest BCUT2D eigenvalue weighted by Crippen LogP contribution is -2.56. The molecule has 0 bridgehead atoms. The molecule has 1 aromatic heterocycles. The van der Waals surface area contributed by atoms with Crippen molar-refractivity contribution in [2.45, 2.75) is 76.6 Å². The highest BCUT2D eigenvalue weighted by Gasteiger charge is 2.60. The fourth-order valence-electron chi connectivity index (χ4n) is 5.23. The Bertz CT molecular complexity index is 1250. The fourth-order valence-corrected chi connectivity index (χ4v) is 5.23. The van der Waals surface area contributed by atoms with E-state index in [1.54, 1.807) is 0 Å². The number of carbonyl (C=O) groups excluding carboxylic acids is 1. The lowest BCUT2D eigenvalue weighted by molar-refractivity contribution is -0.240. The Balaban J connectivity index is 1.15. The third kappa shape index (κ3) is 4.31. The topological polar surface area (TPSA) is 94.6 Å². The number of benzene rings is 2. The molecule has 3 saturated heterocycles. The van der Waals surface area contributed by atoms with Crippen molar-refractivity contribution in [1.82, 2.24) is 4.98 Å². The van der Waals surface area contributed by atoms with Gasteiger partial charge in [-0.2, -0.15) is 0 Å². The van der Waals surface area contributed by atoms with Crippen LogP contribution in [-0.4, -0.2) is 60.0 Å². The number of carbonyl (C=O) groups is 1. The van der Waals surface area contributed by atoms with Crippen LogP contribution in [0.4, 0.5) is 4.79 Å². The molecule has 3 aromatic rings. The van der Waals surface area contributed by atoms with Crippen LogP contribution in [0.5, 0.6) is 0 Å². The molecule has 0 amide bonds. The first kappa shape index (κ1) is 23.6. The molecular formula is C27H29NO8. The second-order valence-electron chi connectivity index (χ2n) is 10.2. The minimum atomic E-state index is -0.827. The first-order valence-corrected chi connectivity index (χ1v) is 12.1. The molecule has 3 fully saturated rings. The van der Waals surface area contributed by atoms with Crippen LogP contribution in [0.15, 0.2) is 48.5 Å². The molecule has 4 heterocycles. The van der Waals surface area contributed by atoms with E-state index >= 15 is 0 Å². The maximum absolute atomic E-state index is 12.6. The predicted molar refractivity (Wildman–Crippen MR) is 128 cm³/mol. The average molecular weight is 496 g/mol. The summed E-state index contributed by atoms with van der Waals surface area (Å²) in [4.78, 5) is 17.3. The molecule has 0 aliphatic carbocycles. The number of fused-ring (bicyclic) bond motifs is 5. The van der Waals surface area contributed by atoms with Crippen LogP contribution in [0.2, 0.25) is 0 Å². The van der Waals surface area contributed by atoms with Gasteiger partial charge in [-0.15, -0.1) is 0 Å². The van der Waals surface area contributed by atoms with Gasteiger partial charge in [-0.25, -0.2) is 9.78 Å². The maximum Gasteiger partial charge on any atom is 0.508 e. The lowest BCUT2D eigenvalue weighted by Gasteiger charge is -2.36. The third-order valence-electron chi connectivity index (χ3n) is 6.65. The van der Waals surface area contributed by atoms with Crippen molar-refractivity contribution < 1.29 is 38.0 Å². The first-order valence-electron chi connectivity index (χ1n) is 12.1. The van der Waals surface area contributed by atoms with Gasteiger partial charge in [0.2, 0.25) is 0 Å². The standard InChI is InChI=1S/C27H29NO8/c1-26(2)33-21-20(32-24-23(22(21)34-26)35-27(3,4)36-24)14-31-25(29)30-13-17-15-9-5-7-11-18(15)28-19-12-8-6-10-16(17)19/h5-12,20-24H,13-14H2,1-4H3/t20-,21+,22+,23-,24-/m1/s1. The summed E-state index contributed by atoms with van der Waals surface area (Å²) in [5, 5.41) is 1.85. The van der Waals surface area contributed by atoms with Gasteiger partial charge >= 0.3 is 6.16 Å². The highest BCUT2D eigenvalue weighted by Crippen LogP contribution is 2.44. The Labute approximate surface area is 208 Å². The van der Waals surface area contributed by atoms with E-state index in [9.17, 15) is 4.79 Å². The van der Waals surface area contributed by atoms with Crippen molar-refractivity contribution in [2.24, 2.45) is 0 Å². The molecule has 0 spiro atoms. The summed E-state index contributed by atoms with van der Waals surface area (Å²) < 4.78 is 41.2.